The Morgan fingerprint density at radius 2 is 1.80 bits per heavy atom. The lowest BCUT2D eigenvalue weighted by Crippen LogP contribution is -2.35. The van der Waals surface area contributed by atoms with Crippen molar-refractivity contribution in [2.24, 2.45) is 0 Å². The Morgan fingerprint density at radius 1 is 1.03 bits per heavy atom. The molecule has 1 fully saturated rings. The third kappa shape index (κ3) is 5.16. The molecule has 6 heteroatoms. The van der Waals surface area contributed by atoms with Gasteiger partial charge in [0, 0.05) is 44.0 Å². The number of nitriles is 1. The minimum atomic E-state index is 0.0830. The van der Waals surface area contributed by atoms with Crippen LogP contribution in [0.15, 0.2) is 91.4 Å². The van der Waals surface area contributed by atoms with E-state index in [1.165, 1.54) is 0 Å². The van der Waals surface area contributed by atoms with Crippen molar-refractivity contribution >= 4 is 5.91 Å². The van der Waals surface area contributed by atoms with E-state index in [2.05, 4.69) is 20.9 Å². The number of nitrogens with zero attached hydrogens (tertiary/aromatic N) is 4. The van der Waals surface area contributed by atoms with Crippen LogP contribution in [0.1, 0.15) is 33.6 Å². The molecule has 0 aliphatic carbocycles. The molecule has 4 aromatic rings. The minimum Gasteiger partial charge on any atom is -0.337 e. The number of nitrogens with one attached hydrogen (secondary N) is 1. The number of likely N-dealkylation sites (tertiary alicyclic amines) is 1. The van der Waals surface area contributed by atoms with Crippen LogP contribution in [0.5, 0.6) is 0 Å². The van der Waals surface area contributed by atoms with Crippen molar-refractivity contribution in [3.05, 3.63) is 114 Å². The number of amides is 1. The summed E-state index contributed by atoms with van der Waals surface area (Å²) in [6.45, 7) is 2.81. The predicted octanol–water partition coefficient (Wildman–Crippen LogP) is 4.47. The number of hydrogen-bond donors (Lipinski definition) is 1. The van der Waals surface area contributed by atoms with Gasteiger partial charge in [0.15, 0.2) is 0 Å². The van der Waals surface area contributed by atoms with Crippen molar-refractivity contribution in [3.8, 4) is 17.2 Å². The minimum absolute atomic E-state index is 0.0830. The van der Waals surface area contributed by atoms with Crippen LogP contribution in [-0.4, -0.2) is 39.5 Å². The number of benzene rings is 3. The quantitative estimate of drug-likeness (QED) is 0.441. The van der Waals surface area contributed by atoms with E-state index in [1.807, 2.05) is 96.3 Å². The molecule has 174 valence electrons. The van der Waals surface area contributed by atoms with Crippen molar-refractivity contribution in [2.75, 3.05) is 13.1 Å². The van der Waals surface area contributed by atoms with Gasteiger partial charge in [-0.3, -0.25) is 4.79 Å². The highest BCUT2D eigenvalue weighted by Crippen LogP contribution is 2.26. The van der Waals surface area contributed by atoms with Gasteiger partial charge in [0.1, 0.15) is 0 Å². The van der Waals surface area contributed by atoms with E-state index in [0.717, 1.165) is 40.9 Å². The predicted molar refractivity (Wildman–Crippen MR) is 136 cm³/mol. The molecule has 6 nitrogen and oxygen atoms in total. The summed E-state index contributed by atoms with van der Waals surface area (Å²) >= 11 is 0. The Kier molecular flexibility index (Phi) is 6.69. The van der Waals surface area contributed by atoms with E-state index in [9.17, 15) is 4.79 Å². The first-order chi connectivity index (χ1) is 17.2. The summed E-state index contributed by atoms with van der Waals surface area (Å²) in [5.74, 6) is 0.0830. The summed E-state index contributed by atoms with van der Waals surface area (Å²) in [6, 6.07) is 27.9. The topological polar surface area (TPSA) is 74.0 Å². The van der Waals surface area contributed by atoms with Crippen LogP contribution in [0.4, 0.5) is 0 Å². The first-order valence-electron chi connectivity index (χ1n) is 11.9. The molecular formula is C29H27N5O. The Balaban J connectivity index is 1.20. The molecule has 3 aromatic carbocycles. The molecule has 5 rings (SSSR count). The zero-order chi connectivity index (χ0) is 24.0. The second kappa shape index (κ2) is 10.4. The number of imidazole rings is 1. The van der Waals surface area contributed by atoms with Crippen LogP contribution >= 0.6 is 0 Å². The molecule has 0 bridgehead atoms. The molecule has 0 saturated carbocycles. The van der Waals surface area contributed by atoms with Crippen molar-refractivity contribution in [2.45, 2.75) is 25.6 Å². The maximum absolute atomic E-state index is 13.4. The number of hydrogen-bond acceptors (Lipinski definition) is 4. The summed E-state index contributed by atoms with van der Waals surface area (Å²) < 4.78 is 2.11. The molecule has 1 atom stereocenters. The van der Waals surface area contributed by atoms with Crippen LogP contribution in [-0.2, 0) is 13.1 Å². The lowest BCUT2D eigenvalue weighted by Gasteiger charge is -2.19. The van der Waals surface area contributed by atoms with Gasteiger partial charge in [-0.25, -0.2) is 4.98 Å². The average Bonchev–Trinajstić information content (AvgIpc) is 3.57. The second-order valence-corrected chi connectivity index (χ2v) is 8.85. The number of carbonyl (C=O) groups excluding carboxylic acids is 1. The number of aromatic nitrogens is 2. The van der Waals surface area contributed by atoms with Crippen molar-refractivity contribution < 1.29 is 4.79 Å². The standard InChI is InChI=1S/C29H27N5O/c30-16-22-10-12-23(13-11-22)19-34-21-31-17-26(34)18-32-25-14-15-33(20-25)29(35)28-9-5-4-8-27(28)24-6-2-1-3-7-24/h1-13,17,21,25,32H,14-15,18-20H2/t25-/m1/s1. The van der Waals surface area contributed by atoms with Crippen LogP contribution < -0.4 is 5.32 Å². The van der Waals surface area contributed by atoms with Crippen LogP contribution in [0.3, 0.4) is 0 Å². The molecule has 2 heterocycles. The Hall–Kier alpha value is -4.21. The Labute approximate surface area is 205 Å². The average molecular weight is 462 g/mol. The zero-order valence-corrected chi connectivity index (χ0v) is 19.5. The summed E-state index contributed by atoms with van der Waals surface area (Å²) in [6.07, 6.45) is 4.63. The third-order valence-corrected chi connectivity index (χ3v) is 6.52. The fraction of sp³-hybridized carbons (Fsp3) is 0.207. The van der Waals surface area contributed by atoms with E-state index in [1.54, 1.807) is 0 Å². The fourth-order valence-electron chi connectivity index (χ4n) is 4.59. The molecule has 0 spiro atoms. The molecule has 1 amide bonds. The summed E-state index contributed by atoms with van der Waals surface area (Å²) in [5.41, 5.74) is 5.65. The lowest BCUT2D eigenvalue weighted by molar-refractivity contribution is 0.0790. The van der Waals surface area contributed by atoms with Gasteiger partial charge in [-0.05, 0) is 41.3 Å². The molecular weight excluding hydrogens is 434 g/mol. The molecule has 1 N–H and O–H groups in total. The first kappa shape index (κ1) is 22.6. The monoisotopic (exact) mass is 461 g/mol. The fourth-order valence-corrected chi connectivity index (χ4v) is 4.59. The SMILES string of the molecule is N#Cc1ccc(Cn2cncc2CN[C@@H]2CCN(C(=O)c3ccccc3-c3ccccc3)C2)cc1. The van der Waals surface area contributed by atoms with E-state index in [4.69, 9.17) is 5.26 Å². The third-order valence-electron chi connectivity index (χ3n) is 6.52. The van der Waals surface area contributed by atoms with Crippen molar-refractivity contribution in [3.63, 3.8) is 0 Å². The molecule has 0 unspecified atom stereocenters. The van der Waals surface area contributed by atoms with Gasteiger partial charge in [-0.1, -0.05) is 60.7 Å². The van der Waals surface area contributed by atoms with Gasteiger partial charge in [-0.2, -0.15) is 5.26 Å². The van der Waals surface area contributed by atoms with Gasteiger partial charge in [0.05, 0.1) is 23.7 Å². The zero-order valence-electron chi connectivity index (χ0n) is 19.5. The van der Waals surface area contributed by atoms with Crippen LogP contribution in [0, 0.1) is 11.3 Å². The largest absolute Gasteiger partial charge is 0.337 e. The summed E-state index contributed by atoms with van der Waals surface area (Å²) in [7, 11) is 0. The van der Waals surface area contributed by atoms with Crippen LogP contribution in [0.25, 0.3) is 11.1 Å². The van der Waals surface area contributed by atoms with Gasteiger partial charge >= 0.3 is 0 Å². The smallest absolute Gasteiger partial charge is 0.254 e. The molecule has 1 aliphatic rings. The van der Waals surface area contributed by atoms with Gasteiger partial charge < -0.3 is 14.8 Å². The Bertz CT molecular complexity index is 1340. The molecule has 1 saturated heterocycles. The molecule has 1 aliphatic heterocycles. The number of carbonyl (C=O) groups is 1. The van der Waals surface area contributed by atoms with E-state index in [-0.39, 0.29) is 11.9 Å². The highest BCUT2D eigenvalue weighted by atomic mass is 16.2. The van der Waals surface area contributed by atoms with Crippen LogP contribution in [0.2, 0.25) is 0 Å². The molecule has 35 heavy (non-hydrogen) atoms. The lowest BCUT2D eigenvalue weighted by atomic mass is 9.99. The molecule has 0 radical (unpaired) electrons. The summed E-state index contributed by atoms with van der Waals surface area (Å²) in [5, 5.41) is 12.6. The van der Waals surface area contributed by atoms with E-state index < -0.39 is 0 Å². The van der Waals surface area contributed by atoms with Gasteiger partial charge in [0.25, 0.3) is 5.91 Å². The normalized spacial score (nSPS) is 15.2. The second-order valence-electron chi connectivity index (χ2n) is 8.85. The van der Waals surface area contributed by atoms with Crippen molar-refractivity contribution in [1.29, 1.82) is 5.26 Å². The Morgan fingerprint density at radius 3 is 2.60 bits per heavy atom. The highest BCUT2D eigenvalue weighted by Gasteiger charge is 2.28. The first-order valence-corrected chi connectivity index (χ1v) is 11.9. The maximum Gasteiger partial charge on any atom is 0.254 e. The highest BCUT2D eigenvalue weighted by molar-refractivity contribution is 6.01. The van der Waals surface area contributed by atoms with Crippen molar-refractivity contribution in [1.82, 2.24) is 19.8 Å². The number of rotatable bonds is 7. The van der Waals surface area contributed by atoms with Gasteiger partial charge in [-0.15, -0.1) is 0 Å². The summed E-state index contributed by atoms with van der Waals surface area (Å²) in [4.78, 5) is 19.7. The maximum atomic E-state index is 13.4. The van der Waals surface area contributed by atoms with E-state index in [0.29, 0.717) is 25.2 Å². The molecule has 1 aromatic heterocycles. The van der Waals surface area contributed by atoms with E-state index >= 15 is 0 Å². The van der Waals surface area contributed by atoms with Gasteiger partial charge in [0.2, 0.25) is 0 Å².